The average Bonchev–Trinajstić information content (AvgIpc) is 3.31. The number of rotatable bonds is 7. The van der Waals surface area contributed by atoms with E-state index in [1.165, 1.54) is 0 Å². The summed E-state index contributed by atoms with van der Waals surface area (Å²) in [6.07, 6.45) is 6.12. The molecule has 31 heavy (non-hydrogen) atoms. The molecule has 1 aliphatic heterocycles. The number of carbonyl (C=O) groups excluding carboxylic acids is 1. The van der Waals surface area contributed by atoms with Gasteiger partial charge in [-0.25, -0.2) is 0 Å². The molecule has 168 valence electrons. The number of fused-ring (bicyclic) bond motifs is 1. The van der Waals surface area contributed by atoms with Crippen LogP contribution in [0.25, 0.3) is 0 Å². The van der Waals surface area contributed by atoms with Gasteiger partial charge in [0.15, 0.2) is 0 Å². The zero-order valence-electron chi connectivity index (χ0n) is 18.3. The molecule has 2 heterocycles. The Balaban J connectivity index is 1.61. The smallest absolute Gasteiger partial charge is 0.234 e. The van der Waals surface area contributed by atoms with Crippen molar-refractivity contribution in [1.82, 2.24) is 10.2 Å². The number of ether oxygens (including phenoxy) is 2. The van der Waals surface area contributed by atoms with E-state index in [0.717, 1.165) is 48.5 Å². The molecule has 1 amide bonds. The Morgan fingerprint density at radius 3 is 2.87 bits per heavy atom. The fourth-order valence-corrected chi connectivity index (χ4v) is 5.24. The number of methoxy groups -OCH3 is 2. The number of benzene rings is 1. The highest BCUT2D eigenvalue weighted by atomic mass is 16.5. The highest BCUT2D eigenvalue weighted by Crippen LogP contribution is 2.51. The van der Waals surface area contributed by atoms with Crippen LogP contribution in [0.4, 0.5) is 0 Å². The lowest BCUT2D eigenvalue weighted by atomic mass is 9.66. The van der Waals surface area contributed by atoms with Crippen molar-refractivity contribution in [3.05, 3.63) is 47.9 Å². The monoisotopic (exact) mass is 428 g/mol. The molecule has 2 aromatic rings. The fourth-order valence-electron chi connectivity index (χ4n) is 5.24. The number of carbonyl (C=O) groups is 1. The van der Waals surface area contributed by atoms with Crippen LogP contribution in [0.5, 0.6) is 11.5 Å². The number of nitrogens with zero attached hydrogens (tertiary/aromatic N) is 1. The van der Waals surface area contributed by atoms with E-state index >= 15 is 0 Å². The van der Waals surface area contributed by atoms with E-state index in [-0.39, 0.29) is 24.4 Å². The molecule has 2 aliphatic rings. The maximum Gasteiger partial charge on any atom is 0.234 e. The maximum atomic E-state index is 12.8. The summed E-state index contributed by atoms with van der Waals surface area (Å²) in [5, 5.41) is 14.4. The number of amides is 1. The van der Waals surface area contributed by atoms with Gasteiger partial charge in [-0.15, -0.1) is 0 Å². The predicted molar refractivity (Wildman–Crippen MR) is 116 cm³/mol. The van der Waals surface area contributed by atoms with Gasteiger partial charge in [0.05, 0.1) is 39.2 Å². The Kier molecular flexibility index (Phi) is 6.53. The topological polar surface area (TPSA) is 84.2 Å². The molecule has 4 rings (SSSR count). The highest BCUT2D eigenvalue weighted by Gasteiger charge is 2.49. The predicted octanol–water partition coefficient (Wildman–Crippen LogP) is 3.28. The fraction of sp³-hybridized carbons (Fsp3) is 0.542. The second-order valence-electron chi connectivity index (χ2n) is 8.59. The van der Waals surface area contributed by atoms with E-state index in [2.05, 4.69) is 10.2 Å². The van der Waals surface area contributed by atoms with Crippen LogP contribution in [0.2, 0.25) is 0 Å². The SMILES string of the molecule is COc1ccc(OC)c(C2C3CCCCC3(O)CCN2CC(=O)NCc2ccco2)c1. The van der Waals surface area contributed by atoms with Gasteiger partial charge >= 0.3 is 0 Å². The van der Waals surface area contributed by atoms with Gasteiger partial charge in [0.1, 0.15) is 17.3 Å². The number of hydrogen-bond donors (Lipinski definition) is 2. The van der Waals surface area contributed by atoms with Crippen molar-refractivity contribution in [2.24, 2.45) is 5.92 Å². The van der Waals surface area contributed by atoms with E-state index < -0.39 is 5.60 Å². The largest absolute Gasteiger partial charge is 0.497 e. The van der Waals surface area contributed by atoms with Crippen LogP contribution in [0.3, 0.4) is 0 Å². The molecule has 1 saturated carbocycles. The van der Waals surface area contributed by atoms with Crippen molar-refractivity contribution >= 4 is 5.91 Å². The molecule has 1 aromatic heterocycles. The minimum absolute atomic E-state index is 0.0360. The van der Waals surface area contributed by atoms with Crippen molar-refractivity contribution in [3.8, 4) is 11.5 Å². The Morgan fingerprint density at radius 2 is 2.13 bits per heavy atom. The van der Waals surface area contributed by atoms with Crippen LogP contribution in [-0.4, -0.2) is 48.8 Å². The summed E-state index contributed by atoms with van der Waals surface area (Å²) in [5.74, 6) is 2.18. The van der Waals surface area contributed by atoms with Crippen LogP contribution >= 0.6 is 0 Å². The van der Waals surface area contributed by atoms with Crippen molar-refractivity contribution in [3.63, 3.8) is 0 Å². The Hall–Kier alpha value is -2.51. The normalized spacial score (nSPS) is 26.2. The summed E-state index contributed by atoms with van der Waals surface area (Å²) in [6.45, 7) is 1.25. The second-order valence-corrected chi connectivity index (χ2v) is 8.59. The van der Waals surface area contributed by atoms with Crippen LogP contribution in [-0.2, 0) is 11.3 Å². The standard InChI is InChI=1S/C24H32N2O5/c1-29-17-8-9-21(30-2)19(14-17)23-20-7-3-4-10-24(20,28)11-12-26(23)16-22(27)25-15-18-6-5-13-31-18/h5-6,8-9,13-14,20,23,28H,3-4,7,10-12,15-16H2,1-2H3,(H,25,27). The third-order valence-corrected chi connectivity index (χ3v) is 6.81. The first kappa shape index (κ1) is 21.7. The molecular weight excluding hydrogens is 396 g/mol. The lowest BCUT2D eigenvalue weighted by Crippen LogP contribution is -2.56. The van der Waals surface area contributed by atoms with Gasteiger partial charge in [-0.1, -0.05) is 12.8 Å². The first-order valence-corrected chi connectivity index (χ1v) is 11.0. The molecule has 0 radical (unpaired) electrons. The quantitative estimate of drug-likeness (QED) is 0.704. The summed E-state index contributed by atoms with van der Waals surface area (Å²) in [4.78, 5) is 15.0. The van der Waals surface area contributed by atoms with E-state index in [0.29, 0.717) is 19.5 Å². The number of likely N-dealkylation sites (tertiary alicyclic amines) is 1. The minimum Gasteiger partial charge on any atom is -0.497 e. The van der Waals surface area contributed by atoms with Gasteiger partial charge in [-0.2, -0.15) is 0 Å². The van der Waals surface area contributed by atoms with Gasteiger partial charge in [0.2, 0.25) is 5.91 Å². The molecule has 2 N–H and O–H groups in total. The lowest BCUT2D eigenvalue weighted by Gasteiger charge is -2.52. The molecule has 3 atom stereocenters. The maximum absolute atomic E-state index is 12.8. The highest BCUT2D eigenvalue weighted by molar-refractivity contribution is 5.78. The van der Waals surface area contributed by atoms with E-state index in [9.17, 15) is 9.90 Å². The van der Waals surface area contributed by atoms with Crippen LogP contribution in [0, 0.1) is 5.92 Å². The molecule has 1 saturated heterocycles. The van der Waals surface area contributed by atoms with Gasteiger partial charge in [-0.05, 0) is 49.6 Å². The van der Waals surface area contributed by atoms with Crippen molar-refractivity contribution in [1.29, 1.82) is 0 Å². The second kappa shape index (κ2) is 9.32. The molecular formula is C24H32N2O5. The summed E-state index contributed by atoms with van der Waals surface area (Å²) >= 11 is 0. The first-order valence-electron chi connectivity index (χ1n) is 11.0. The number of aliphatic hydroxyl groups is 1. The van der Waals surface area contributed by atoms with Gasteiger partial charge < -0.3 is 24.3 Å². The van der Waals surface area contributed by atoms with E-state index in [1.807, 2.05) is 24.3 Å². The third kappa shape index (κ3) is 4.57. The third-order valence-electron chi connectivity index (χ3n) is 6.81. The summed E-state index contributed by atoms with van der Waals surface area (Å²) in [6, 6.07) is 9.28. The van der Waals surface area contributed by atoms with Gasteiger partial charge in [-0.3, -0.25) is 9.69 Å². The molecule has 0 bridgehead atoms. The van der Waals surface area contributed by atoms with Crippen LogP contribution in [0.1, 0.15) is 49.5 Å². The Bertz CT molecular complexity index is 884. The van der Waals surface area contributed by atoms with E-state index in [1.54, 1.807) is 26.5 Å². The van der Waals surface area contributed by atoms with Gasteiger partial charge in [0, 0.05) is 24.1 Å². The zero-order chi connectivity index (χ0) is 21.8. The molecule has 3 unspecified atom stereocenters. The summed E-state index contributed by atoms with van der Waals surface area (Å²) < 4.78 is 16.5. The number of furan rings is 1. The Labute approximate surface area is 183 Å². The minimum atomic E-state index is -0.710. The van der Waals surface area contributed by atoms with E-state index in [4.69, 9.17) is 13.9 Å². The molecule has 1 aliphatic carbocycles. The lowest BCUT2D eigenvalue weighted by molar-refractivity contribution is -0.138. The van der Waals surface area contributed by atoms with Crippen LogP contribution in [0.15, 0.2) is 41.0 Å². The number of piperidine rings is 1. The average molecular weight is 429 g/mol. The first-order chi connectivity index (χ1) is 15.0. The number of hydrogen-bond acceptors (Lipinski definition) is 6. The van der Waals surface area contributed by atoms with Crippen molar-refractivity contribution in [2.75, 3.05) is 27.3 Å². The Morgan fingerprint density at radius 1 is 1.26 bits per heavy atom. The molecule has 2 fully saturated rings. The molecule has 7 heteroatoms. The molecule has 7 nitrogen and oxygen atoms in total. The number of nitrogens with one attached hydrogen (secondary N) is 1. The van der Waals surface area contributed by atoms with Crippen LogP contribution < -0.4 is 14.8 Å². The van der Waals surface area contributed by atoms with Crippen molar-refractivity contribution in [2.45, 2.75) is 50.3 Å². The zero-order valence-corrected chi connectivity index (χ0v) is 18.3. The van der Waals surface area contributed by atoms with Crippen molar-refractivity contribution < 1.29 is 23.8 Å². The van der Waals surface area contributed by atoms with Gasteiger partial charge in [0.25, 0.3) is 0 Å². The molecule has 1 aromatic carbocycles. The molecule has 0 spiro atoms. The summed E-state index contributed by atoms with van der Waals surface area (Å²) in [5.41, 5.74) is 0.253. The summed E-state index contributed by atoms with van der Waals surface area (Å²) in [7, 11) is 3.30.